The number of carbonyl (C=O) groups is 1. The molecule has 3 nitrogen and oxygen atoms in total. The van der Waals surface area contributed by atoms with Gasteiger partial charge in [0.25, 0.3) is 0 Å². The Morgan fingerprint density at radius 3 is 2.74 bits per heavy atom. The number of fused-ring (bicyclic) bond motifs is 1. The van der Waals surface area contributed by atoms with Crippen LogP contribution in [0, 0.1) is 5.82 Å². The number of aromatic amines is 1. The van der Waals surface area contributed by atoms with Crippen molar-refractivity contribution in [2.24, 2.45) is 0 Å². The van der Waals surface area contributed by atoms with Crippen LogP contribution in [0.25, 0.3) is 10.9 Å². The zero-order chi connectivity index (χ0) is 16.1. The maximum atomic E-state index is 13.3. The maximum Gasteiger partial charge on any atom is 0.220 e. The number of aryl methyl sites for hydroxylation is 1. The van der Waals surface area contributed by atoms with Crippen LogP contribution >= 0.6 is 0 Å². The van der Waals surface area contributed by atoms with Gasteiger partial charge in [0.2, 0.25) is 5.91 Å². The largest absolute Gasteiger partial charge is 0.361 e. The monoisotopic (exact) mass is 310 g/mol. The average Bonchev–Trinajstić information content (AvgIpc) is 2.96. The molecule has 2 aromatic carbocycles. The fourth-order valence-corrected chi connectivity index (χ4v) is 2.68. The first-order valence-corrected chi connectivity index (χ1v) is 7.78. The molecule has 3 aromatic rings. The van der Waals surface area contributed by atoms with Crippen LogP contribution in [0.3, 0.4) is 0 Å². The first kappa shape index (κ1) is 15.3. The highest BCUT2D eigenvalue weighted by Crippen LogP contribution is 2.19. The minimum atomic E-state index is -0.245. The standard InChI is InChI=1S/C19H19FN2O/c20-16-7-8-18-17(12-16)15(13-22-18)10-11-21-19(23)9-6-14-4-2-1-3-5-14/h1-5,7-8,12-13,22H,6,9-11H2,(H,21,23). The predicted octanol–water partition coefficient (Wildman–Crippen LogP) is 3.60. The SMILES string of the molecule is O=C(CCc1ccccc1)NCCc1c[nH]c2ccc(F)cc12. The van der Waals surface area contributed by atoms with Gasteiger partial charge in [-0.2, -0.15) is 0 Å². The number of hydrogen-bond acceptors (Lipinski definition) is 1. The highest BCUT2D eigenvalue weighted by atomic mass is 19.1. The van der Waals surface area contributed by atoms with Gasteiger partial charge in [0, 0.05) is 30.1 Å². The van der Waals surface area contributed by atoms with Gasteiger partial charge in [-0.25, -0.2) is 4.39 Å². The van der Waals surface area contributed by atoms with Crippen LogP contribution in [0.2, 0.25) is 0 Å². The summed E-state index contributed by atoms with van der Waals surface area (Å²) in [6, 6.07) is 14.7. The number of rotatable bonds is 6. The van der Waals surface area contributed by atoms with Gasteiger partial charge in [-0.1, -0.05) is 30.3 Å². The first-order chi connectivity index (χ1) is 11.2. The second-order valence-electron chi connectivity index (χ2n) is 5.59. The van der Waals surface area contributed by atoms with E-state index in [1.807, 2.05) is 36.5 Å². The number of aromatic nitrogens is 1. The molecule has 1 aromatic heterocycles. The Morgan fingerprint density at radius 1 is 1.09 bits per heavy atom. The summed E-state index contributed by atoms with van der Waals surface area (Å²) < 4.78 is 13.3. The summed E-state index contributed by atoms with van der Waals surface area (Å²) in [6.45, 7) is 0.553. The molecule has 0 bridgehead atoms. The Kier molecular flexibility index (Phi) is 4.71. The molecule has 0 aliphatic rings. The molecule has 0 aliphatic carbocycles. The van der Waals surface area contributed by atoms with Crippen molar-refractivity contribution < 1.29 is 9.18 Å². The molecule has 0 unspecified atom stereocenters. The lowest BCUT2D eigenvalue weighted by molar-refractivity contribution is -0.121. The van der Waals surface area contributed by atoms with Crippen LogP contribution < -0.4 is 5.32 Å². The van der Waals surface area contributed by atoms with Crippen LogP contribution in [0.1, 0.15) is 17.5 Å². The molecule has 23 heavy (non-hydrogen) atoms. The van der Waals surface area contributed by atoms with E-state index < -0.39 is 0 Å². The zero-order valence-corrected chi connectivity index (χ0v) is 12.8. The highest BCUT2D eigenvalue weighted by Gasteiger charge is 2.06. The second kappa shape index (κ2) is 7.09. The third-order valence-electron chi connectivity index (χ3n) is 3.93. The fourth-order valence-electron chi connectivity index (χ4n) is 2.68. The molecule has 118 valence electrons. The molecule has 2 N–H and O–H groups in total. The van der Waals surface area contributed by atoms with Crippen molar-refractivity contribution in [1.82, 2.24) is 10.3 Å². The second-order valence-corrected chi connectivity index (χ2v) is 5.59. The van der Waals surface area contributed by atoms with Crippen LogP contribution in [-0.4, -0.2) is 17.4 Å². The van der Waals surface area contributed by atoms with Crippen molar-refractivity contribution in [3.8, 4) is 0 Å². The number of halogens is 1. The molecule has 1 amide bonds. The molecule has 0 radical (unpaired) electrons. The van der Waals surface area contributed by atoms with E-state index in [-0.39, 0.29) is 11.7 Å². The number of hydrogen-bond donors (Lipinski definition) is 2. The molecule has 0 saturated carbocycles. The Hall–Kier alpha value is -2.62. The van der Waals surface area contributed by atoms with Gasteiger partial charge in [-0.15, -0.1) is 0 Å². The Morgan fingerprint density at radius 2 is 1.91 bits per heavy atom. The lowest BCUT2D eigenvalue weighted by Gasteiger charge is -2.05. The summed E-state index contributed by atoms with van der Waals surface area (Å²) in [5, 5.41) is 3.80. The van der Waals surface area contributed by atoms with Gasteiger partial charge in [-0.05, 0) is 42.2 Å². The third kappa shape index (κ3) is 3.97. The predicted molar refractivity (Wildman–Crippen MR) is 89.7 cm³/mol. The number of benzene rings is 2. The van der Waals surface area contributed by atoms with Crippen molar-refractivity contribution in [3.63, 3.8) is 0 Å². The summed E-state index contributed by atoms with van der Waals surface area (Å²) in [7, 11) is 0. The van der Waals surface area contributed by atoms with Crippen LogP contribution in [0.4, 0.5) is 4.39 Å². The van der Waals surface area contributed by atoms with Gasteiger partial charge in [0.05, 0.1) is 0 Å². The van der Waals surface area contributed by atoms with E-state index in [0.29, 0.717) is 19.4 Å². The van der Waals surface area contributed by atoms with Gasteiger partial charge in [0.15, 0.2) is 0 Å². The summed E-state index contributed by atoms with van der Waals surface area (Å²) >= 11 is 0. The fraction of sp³-hybridized carbons (Fsp3) is 0.211. The van der Waals surface area contributed by atoms with E-state index in [4.69, 9.17) is 0 Å². The van der Waals surface area contributed by atoms with Gasteiger partial charge in [0.1, 0.15) is 5.82 Å². The molecule has 4 heteroatoms. The number of nitrogens with one attached hydrogen (secondary N) is 2. The number of carbonyl (C=O) groups excluding carboxylic acids is 1. The number of amides is 1. The normalized spacial score (nSPS) is 10.8. The summed E-state index contributed by atoms with van der Waals surface area (Å²) in [5.74, 6) is -0.204. The quantitative estimate of drug-likeness (QED) is 0.718. The van der Waals surface area contributed by atoms with E-state index in [0.717, 1.165) is 28.5 Å². The molecule has 1 heterocycles. The third-order valence-corrected chi connectivity index (χ3v) is 3.93. The number of H-pyrrole nitrogens is 1. The van der Waals surface area contributed by atoms with Crippen molar-refractivity contribution in [2.75, 3.05) is 6.54 Å². The van der Waals surface area contributed by atoms with Crippen molar-refractivity contribution >= 4 is 16.8 Å². The molecular weight excluding hydrogens is 291 g/mol. The first-order valence-electron chi connectivity index (χ1n) is 7.78. The lowest BCUT2D eigenvalue weighted by Crippen LogP contribution is -2.25. The minimum absolute atomic E-state index is 0.0416. The average molecular weight is 310 g/mol. The minimum Gasteiger partial charge on any atom is -0.361 e. The molecule has 0 atom stereocenters. The molecule has 0 saturated heterocycles. The molecular formula is C19H19FN2O. The van der Waals surface area contributed by atoms with Crippen molar-refractivity contribution in [3.05, 3.63) is 71.7 Å². The Labute approximate surface area is 134 Å². The van der Waals surface area contributed by atoms with Crippen LogP contribution in [-0.2, 0) is 17.6 Å². The Bertz CT molecular complexity index is 795. The van der Waals surface area contributed by atoms with Crippen LogP contribution in [0.5, 0.6) is 0 Å². The van der Waals surface area contributed by atoms with E-state index in [1.165, 1.54) is 12.1 Å². The van der Waals surface area contributed by atoms with Gasteiger partial charge in [-0.3, -0.25) is 4.79 Å². The summed E-state index contributed by atoms with van der Waals surface area (Å²) in [6.07, 6.45) is 3.78. The molecule has 0 spiro atoms. The van der Waals surface area contributed by atoms with Gasteiger partial charge < -0.3 is 10.3 Å². The van der Waals surface area contributed by atoms with E-state index in [1.54, 1.807) is 6.07 Å². The van der Waals surface area contributed by atoms with Crippen LogP contribution in [0.15, 0.2) is 54.7 Å². The van der Waals surface area contributed by atoms with Gasteiger partial charge >= 0.3 is 0 Å². The van der Waals surface area contributed by atoms with E-state index in [2.05, 4.69) is 10.3 Å². The highest BCUT2D eigenvalue weighted by molar-refractivity contribution is 5.83. The summed E-state index contributed by atoms with van der Waals surface area (Å²) in [5.41, 5.74) is 3.09. The molecule has 0 aliphatic heterocycles. The van der Waals surface area contributed by atoms with E-state index in [9.17, 15) is 9.18 Å². The molecule has 0 fully saturated rings. The van der Waals surface area contributed by atoms with Crippen molar-refractivity contribution in [1.29, 1.82) is 0 Å². The lowest BCUT2D eigenvalue weighted by atomic mass is 10.1. The smallest absolute Gasteiger partial charge is 0.220 e. The zero-order valence-electron chi connectivity index (χ0n) is 12.8. The van der Waals surface area contributed by atoms with Crippen molar-refractivity contribution in [2.45, 2.75) is 19.3 Å². The topological polar surface area (TPSA) is 44.9 Å². The Balaban J connectivity index is 1.48. The maximum absolute atomic E-state index is 13.3. The summed E-state index contributed by atoms with van der Waals surface area (Å²) in [4.78, 5) is 15.0. The van der Waals surface area contributed by atoms with E-state index >= 15 is 0 Å². The molecule has 3 rings (SSSR count).